The minimum absolute atomic E-state index is 0.0477. The molecule has 1 aromatic carbocycles. The van der Waals surface area contributed by atoms with Gasteiger partial charge in [0.2, 0.25) is 5.91 Å². The highest BCUT2D eigenvalue weighted by Crippen LogP contribution is 2.24. The lowest BCUT2D eigenvalue weighted by atomic mass is 10.0. The number of rotatable bonds is 2. The number of amides is 1. The Labute approximate surface area is 123 Å². The maximum absolute atomic E-state index is 12.0. The van der Waals surface area contributed by atoms with Crippen LogP contribution in [0.3, 0.4) is 0 Å². The van der Waals surface area contributed by atoms with Gasteiger partial charge in [0.1, 0.15) is 0 Å². The van der Waals surface area contributed by atoms with Crippen LogP contribution < -0.4 is 10.6 Å². The van der Waals surface area contributed by atoms with Gasteiger partial charge in [-0.3, -0.25) is 4.79 Å². The highest BCUT2D eigenvalue weighted by molar-refractivity contribution is 14.1. The SMILES string of the molecule is O=C(Nc1cc(I)ccc1Br)[C@H]1CCCCN1. The summed E-state index contributed by atoms with van der Waals surface area (Å²) >= 11 is 5.68. The summed E-state index contributed by atoms with van der Waals surface area (Å²) in [5, 5.41) is 6.21. The monoisotopic (exact) mass is 408 g/mol. The number of halogens is 2. The van der Waals surface area contributed by atoms with Gasteiger partial charge in [0.25, 0.3) is 0 Å². The lowest BCUT2D eigenvalue weighted by molar-refractivity contribution is -0.118. The van der Waals surface area contributed by atoms with E-state index in [1.807, 2.05) is 18.2 Å². The lowest BCUT2D eigenvalue weighted by Gasteiger charge is -2.22. The Morgan fingerprint density at radius 1 is 1.47 bits per heavy atom. The molecular weight excluding hydrogens is 395 g/mol. The molecule has 5 heteroatoms. The molecule has 3 nitrogen and oxygen atoms in total. The van der Waals surface area contributed by atoms with Crippen LogP contribution in [0.25, 0.3) is 0 Å². The van der Waals surface area contributed by atoms with Crippen LogP contribution in [0.4, 0.5) is 5.69 Å². The summed E-state index contributed by atoms with van der Waals surface area (Å²) in [5.41, 5.74) is 0.842. The zero-order valence-corrected chi connectivity index (χ0v) is 13.0. The van der Waals surface area contributed by atoms with Crippen molar-refractivity contribution < 1.29 is 4.79 Å². The van der Waals surface area contributed by atoms with E-state index in [1.54, 1.807) is 0 Å². The summed E-state index contributed by atoms with van der Waals surface area (Å²) in [5.74, 6) is 0.0624. The predicted octanol–water partition coefficient (Wildman–Crippen LogP) is 3.13. The van der Waals surface area contributed by atoms with E-state index in [4.69, 9.17) is 0 Å². The maximum atomic E-state index is 12.0. The van der Waals surface area contributed by atoms with Crippen molar-refractivity contribution in [1.82, 2.24) is 5.32 Å². The molecule has 0 bridgehead atoms. The molecule has 0 radical (unpaired) electrons. The van der Waals surface area contributed by atoms with Crippen molar-refractivity contribution >= 4 is 50.1 Å². The summed E-state index contributed by atoms with van der Waals surface area (Å²) in [6.07, 6.45) is 3.21. The molecule has 1 aromatic rings. The highest BCUT2D eigenvalue weighted by Gasteiger charge is 2.20. The second kappa shape index (κ2) is 6.15. The smallest absolute Gasteiger partial charge is 0.241 e. The third-order valence-corrected chi connectivity index (χ3v) is 4.18. The van der Waals surface area contributed by atoms with Gasteiger partial charge in [-0.2, -0.15) is 0 Å². The molecule has 1 amide bonds. The number of carbonyl (C=O) groups is 1. The van der Waals surface area contributed by atoms with Crippen LogP contribution >= 0.6 is 38.5 Å². The first kappa shape index (κ1) is 13.3. The van der Waals surface area contributed by atoms with Crippen molar-refractivity contribution in [2.75, 3.05) is 11.9 Å². The molecule has 0 saturated carbocycles. The average Bonchev–Trinajstić information content (AvgIpc) is 2.35. The van der Waals surface area contributed by atoms with Crippen LogP contribution in [0.15, 0.2) is 22.7 Å². The average molecular weight is 409 g/mol. The lowest BCUT2D eigenvalue weighted by Crippen LogP contribution is -2.43. The van der Waals surface area contributed by atoms with Gasteiger partial charge >= 0.3 is 0 Å². The zero-order valence-electron chi connectivity index (χ0n) is 9.30. The van der Waals surface area contributed by atoms with E-state index < -0.39 is 0 Å². The van der Waals surface area contributed by atoms with Gasteiger partial charge in [0.05, 0.1) is 11.7 Å². The Kier molecular flexibility index (Phi) is 4.81. The van der Waals surface area contributed by atoms with Crippen LogP contribution in [0, 0.1) is 3.57 Å². The number of anilines is 1. The second-order valence-electron chi connectivity index (χ2n) is 4.12. The van der Waals surface area contributed by atoms with E-state index in [0.717, 1.165) is 39.5 Å². The molecule has 1 aliphatic heterocycles. The largest absolute Gasteiger partial charge is 0.324 e. The zero-order chi connectivity index (χ0) is 12.3. The summed E-state index contributed by atoms with van der Waals surface area (Å²) in [7, 11) is 0. The van der Waals surface area contributed by atoms with Crippen molar-refractivity contribution in [3.63, 3.8) is 0 Å². The summed E-state index contributed by atoms with van der Waals surface area (Å²) in [6, 6.07) is 5.87. The maximum Gasteiger partial charge on any atom is 0.241 e. The number of hydrogen-bond donors (Lipinski definition) is 2. The van der Waals surface area contributed by atoms with E-state index in [9.17, 15) is 4.79 Å². The van der Waals surface area contributed by atoms with Crippen molar-refractivity contribution in [3.05, 3.63) is 26.2 Å². The van der Waals surface area contributed by atoms with Gasteiger partial charge in [0, 0.05) is 8.04 Å². The first-order chi connectivity index (χ1) is 8.16. The third kappa shape index (κ3) is 3.66. The van der Waals surface area contributed by atoms with Gasteiger partial charge < -0.3 is 10.6 Å². The molecule has 1 fully saturated rings. The van der Waals surface area contributed by atoms with E-state index in [1.165, 1.54) is 0 Å². The number of hydrogen-bond acceptors (Lipinski definition) is 2. The Hall–Kier alpha value is -0.140. The first-order valence-corrected chi connectivity index (χ1v) is 7.53. The van der Waals surface area contributed by atoms with E-state index >= 15 is 0 Å². The van der Waals surface area contributed by atoms with Crippen molar-refractivity contribution in [3.8, 4) is 0 Å². The van der Waals surface area contributed by atoms with Gasteiger partial charge in [-0.15, -0.1) is 0 Å². The highest BCUT2D eigenvalue weighted by atomic mass is 127. The molecule has 2 N–H and O–H groups in total. The Morgan fingerprint density at radius 2 is 2.29 bits per heavy atom. The Bertz CT molecular complexity index is 419. The van der Waals surface area contributed by atoms with E-state index in [0.29, 0.717) is 0 Å². The topological polar surface area (TPSA) is 41.1 Å². The molecule has 92 valence electrons. The fourth-order valence-corrected chi connectivity index (χ4v) is 2.73. The van der Waals surface area contributed by atoms with Crippen LogP contribution in [-0.4, -0.2) is 18.5 Å². The predicted molar refractivity (Wildman–Crippen MR) is 81.1 cm³/mol. The summed E-state index contributed by atoms with van der Waals surface area (Å²) in [4.78, 5) is 12.0. The van der Waals surface area contributed by atoms with Gasteiger partial charge in [-0.1, -0.05) is 6.42 Å². The summed E-state index contributed by atoms with van der Waals surface area (Å²) < 4.78 is 2.03. The molecule has 1 heterocycles. The number of carbonyl (C=O) groups excluding carboxylic acids is 1. The molecule has 0 aromatic heterocycles. The minimum atomic E-state index is -0.0477. The third-order valence-electron chi connectivity index (χ3n) is 2.81. The molecule has 17 heavy (non-hydrogen) atoms. The number of nitrogens with one attached hydrogen (secondary N) is 2. The minimum Gasteiger partial charge on any atom is -0.324 e. The van der Waals surface area contributed by atoms with Gasteiger partial charge in [-0.25, -0.2) is 0 Å². The molecule has 0 spiro atoms. The van der Waals surface area contributed by atoms with Gasteiger partial charge in [-0.05, 0) is 76.1 Å². The van der Waals surface area contributed by atoms with Gasteiger partial charge in [0.15, 0.2) is 0 Å². The molecule has 1 atom stereocenters. The normalized spacial score (nSPS) is 20.0. The fourth-order valence-electron chi connectivity index (χ4n) is 1.89. The molecule has 2 rings (SSSR count). The van der Waals surface area contributed by atoms with Crippen molar-refractivity contribution in [1.29, 1.82) is 0 Å². The number of benzene rings is 1. The molecule has 0 aliphatic carbocycles. The van der Waals surface area contributed by atoms with E-state index in [2.05, 4.69) is 49.2 Å². The fraction of sp³-hybridized carbons (Fsp3) is 0.417. The molecule has 1 aliphatic rings. The first-order valence-electron chi connectivity index (χ1n) is 5.66. The van der Waals surface area contributed by atoms with Crippen molar-refractivity contribution in [2.24, 2.45) is 0 Å². The molecular formula is C12H14BrIN2O. The van der Waals surface area contributed by atoms with Crippen LogP contribution in [0.1, 0.15) is 19.3 Å². The molecule has 0 unspecified atom stereocenters. The second-order valence-corrected chi connectivity index (χ2v) is 6.22. The summed E-state index contributed by atoms with van der Waals surface area (Å²) in [6.45, 7) is 0.936. The van der Waals surface area contributed by atoms with Crippen LogP contribution in [-0.2, 0) is 4.79 Å². The quantitative estimate of drug-likeness (QED) is 0.738. The van der Waals surface area contributed by atoms with E-state index in [-0.39, 0.29) is 11.9 Å². The molecule has 1 saturated heterocycles. The Balaban J connectivity index is 2.04. The van der Waals surface area contributed by atoms with Crippen molar-refractivity contribution in [2.45, 2.75) is 25.3 Å². The van der Waals surface area contributed by atoms with Crippen LogP contribution in [0.5, 0.6) is 0 Å². The van der Waals surface area contributed by atoms with Crippen LogP contribution in [0.2, 0.25) is 0 Å². The number of piperidine rings is 1. The Morgan fingerprint density at radius 3 is 3.00 bits per heavy atom. The standard InChI is InChI=1S/C12H14BrIN2O/c13-9-5-4-8(14)7-11(9)16-12(17)10-3-1-2-6-15-10/h4-5,7,10,15H,1-3,6H2,(H,16,17)/t10-/m1/s1.